The van der Waals surface area contributed by atoms with E-state index in [0.717, 1.165) is 83.2 Å². The van der Waals surface area contributed by atoms with E-state index in [1.54, 1.807) is 0 Å². The van der Waals surface area contributed by atoms with Crippen molar-refractivity contribution in [3.8, 4) is 44.5 Å². The first-order valence-electron chi connectivity index (χ1n) is 22.3. The summed E-state index contributed by atoms with van der Waals surface area (Å²) in [4.78, 5) is 2.35. The fourth-order valence-electron chi connectivity index (χ4n) is 10.1. The predicted molar refractivity (Wildman–Crippen MR) is 268 cm³/mol. The van der Waals surface area contributed by atoms with Crippen LogP contribution in [0.2, 0.25) is 0 Å². The van der Waals surface area contributed by atoms with Crippen LogP contribution in [0.5, 0.6) is 0 Å². The molecule has 0 N–H and O–H groups in total. The van der Waals surface area contributed by atoms with Gasteiger partial charge in [-0.15, -0.1) is 0 Å². The molecular formula is C61H47NO2. The van der Waals surface area contributed by atoms with Crippen molar-refractivity contribution in [1.82, 2.24) is 0 Å². The van der Waals surface area contributed by atoms with Crippen molar-refractivity contribution < 1.29 is 8.83 Å². The van der Waals surface area contributed by atoms with Gasteiger partial charge in [-0.1, -0.05) is 150 Å². The molecular weight excluding hydrogens is 779 g/mol. The first-order chi connectivity index (χ1) is 31.1. The third-order valence-corrected chi connectivity index (χ3v) is 13.7. The molecule has 0 amide bonds. The molecule has 0 saturated carbocycles. The number of hydrogen-bond acceptors (Lipinski definition) is 3. The van der Waals surface area contributed by atoms with Gasteiger partial charge >= 0.3 is 0 Å². The molecule has 2 aromatic heterocycles. The molecule has 3 nitrogen and oxygen atoms in total. The number of hydrogen-bond donors (Lipinski definition) is 0. The summed E-state index contributed by atoms with van der Waals surface area (Å²) in [5, 5.41) is 4.53. The van der Waals surface area contributed by atoms with Gasteiger partial charge in [0, 0.05) is 44.0 Å². The molecule has 3 heteroatoms. The van der Waals surface area contributed by atoms with Crippen LogP contribution in [0, 0.1) is 0 Å². The molecule has 0 spiro atoms. The molecule has 0 unspecified atom stereocenters. The minimum atomic E-state index is -0.0549. The second-order valence-corrected chi connectivity index (χ2v) is 19.0. The number of rotatable bonds is 6. The molecule has 0 radical (unpaired) electrons. The van der Waals surface area contributed by atoms with Crippen LogP contribution in [-0.2, 0) is 10.8 Å². The highest BCUT2D eigenvalue weighted by atomic mass is 16.3. The molecule has 1 aliphatic rings. The van der Waals surface area contributed by atoms with Gasteiger partial charge in [-0.3, -0.25) is 0 Å². The number of furan rings is 2. The summed E-state index contributed by atoms with van der Waals surface area (Å²) in [6.45, 7) is 11.6. The highest BCUT2D eigenvalue weighted by Crippen LogP contribution is 2.51. The first-order valence-corrected chi connectivity index (χ1v) is 22.3. The number of benzene rings is 9. The zero-order valence-electron chi connectivity index (χ0n) is 36.7. The van der Waals surface area contributed by atoms with E-state index in [1.165, 1.54) is 38.9 Å². The number of para-hydroxylation sites is 2. The summed E-state index contributed by atoms with van der Waals surface area (Å²) in [5.74, 6) is 0. The predicted octanol–water partition coefficient (Wildman–Crippen LogP) is 17.6. The smallest absolute Gasteiger partial charge is 0.135 e. The SMILES string of the molecule is CC(C)(C)c1ccc2c(c1)C(C)(C)c1ccc(-c3ccc(N(c4ccc(-c5ccc6oc7ccccc7c6c5)cc4)c4ccc(-c5ccc6oc7ccccc7c6c5)cc4)cc3)cc1-2. The molecule has 11 aromatic rings. The minimum Gasteiger partial charge on any atom is -0.456 e. The zero-order valence-corrected chi connectivity index (χ0v) is 36.7. The Morgan fingerprint density at radius 3 is 1.27 bits per heavy atom. The normalized spacial score (nSPS) is 13.2. The van der Waals surface area contributed by atoms with Crippen LogP contribution in [-0.4, -0.2) is 0 Å². The van der Waals surface area contributed by atoms with Gasteiger partial charge < -0.3 is 13.7 Å². The topological polar surface area (TPSA) is 29.5 Å². The number of nitrogens with zero attached hydrogens (tertiary/aromatic N) is 1. The Morgan fingerprint density at radius 2 is 0.781 bits per heavy atom. The Hall–Kier alpha value is -7.62. The van der Waals surface area contributed by atoms with Gasteiger partial charge in [-0.05, 0) is 145 Å². The molecule has 9 aromatic carbocycles. The maximum absolute atomic E-state index is 6.14. The molecule has 0 saturated heterocycles. The zero-order chi connectivity index (χ0) is 43.3. The standard InChI is InChI=1S/C61H47NO2/c1-60(2,3)44-23-30-48-51-34-41(20-31-54(51)61(4,5)55(48)37-44)38-14-24-45(25-15-38)62(46-26-16-39(17-27-46)42-21-32-58-52(35-42)49-10-6-8-12-56(49)63-58)47-28-18-40(19-29-47)43-22-33-59-53(36-43)50-11-7-9-13-57(50)64-59/h6-37H,1-5H3. The molecule has 1 aliphatic carbocycles. The fraction of sp³-hybridized carbons (Fsp3) is 0.115. The lowest BCUT2D eigenvalue weighted by molar-refractivity contribution is 0.584. The molecule has 12 rings (SSSR count). The monoisotopic (exact) mass is 825 g/mol. The third-order valence-electron chi connectivity index (χ3n) is 13.7. The third kappa shape index (κ3) is 6.18. The Balaban J connectivity index is 0.910. The average molecular weight is 826 g/mol. The van der Waals surface area contributed by atoms with Gasteiger partial charge in [-0.2, -0.15) is 0 Å². The first kappa shape index (κ1) is 38.1. The summed E-state index contributed by atoms with van der Waals surface area (Å²) in [6, 6.07) is 70.6. The lowest BCUT2D eigenvalue weighted by Gasteiger charge is -2.26. The Labute approximate surface area is 373 Å². The van der Waals surface area contributed by atoms with Gasteiger partial charge in [0.15, 0.2) is 0 Å². The molecule has 64 heavy (non-hydrogen) atoms. The van der Waals surface area contributed by atoms with Gasteiger partial charge in [-0.25, -0.2) is 0 Å². The van der Waals surface area contributed by atoms with E-state index in [2.05, 4.69) is 209 Å². The number of fused-ring (bicyclic) bond motifs is 9. The Bertz CT molecular complexity index is 3440. The molecule has 0 atom stereocenters. The van der Waals surface area contributed by atoms with Crippen LogP contribution in [0.3, 0.4) is 0 Å². The van der Waals surface area contributed by atoms with Gasteiger partial charge in [0.25, 0.3) is 0 Å². The van der Waals surface area contributed by atoms with Crippen LogP contribution in [0.1, 0.15) is 51.3 Å². The maximum Gasteiger partial charge on any atom is 0.135 e. The molecule has 2 heterocycles. The molecule has 308 valence electrons. The molecule has 0 bridgehead atoms. The van der Waals surface area contributed by atoms with Crippen molar-refractivity contribution >= 4 is 60.9 Å². The summed E-state index contributed by atoms with van der Waals surface area (Å²) >= 11 is 0. The summed E-state index contributed by atoms with van der Waals surface area (Å²) in [5.41, 5.74) is 20.8. The van der Waals surface area contributed by atoms with E-state index in [0.29, 0.717) is 0 Å². The van der Waals surface area contributed by atoms with E-state index < -0.39 is 0 Å². The largest absolute Gasteiger partial charge is 0.456 e. The van der Waals surface area contributed by atoms with E-state index in [4.69, 9.17) is 8.83 Å². The Kier molecular flexibility index (Phi) is 8.45. The van der Waals surface area contributed by atoms with Gasteiger partial charge in [0.05, 0.1) is 0 Å². The highest BCUT2D eigenvalue weighted by Gasteiger charge is 2.36. The second-order valence-electron chi connectivity index (χ2n) is 19.0. The van der Waals surface area contributed by atoms with E-state index >= 15 is 0 Å². The highest BCUT2D eigenvalue weighted by molar-refractivity contribution is 6.07. The van der Waals surface area contributed by atoms with Gasteiger partial charge in [0.2, 0.25) is 0 Å². The van der Waals surface area contributed by atoms with Crippen molar-refractivity contribution in [3.63, 3.8) is 0 Å². The van der Waals surface area contributed by atoms with Crippen LogP contribution < -0.4 is 4.90 Å². The number of anilines is 3. The summed E-state index contributed by atoms with van der Waals surface area (Å²) in [6.07, 6.45) is 0. The molecule has 0 fully saturated rings. The Morgan fingerprint density at radius 1 is 0.359 bits per heavy atom. The lowest BCUT2D eigenvalue weighted by Crippen LogP contribution is -2.17. The van der Waals surface area contributed by atoms with Crippen LogP contribution in [0.15, 0.2) is 203 Å². The second kappa shape index (κ2) is 14.2. The average Bonchev–Trinajstić information content (AvgIpc) is 3.96. The summed E-state index contributed by atoms with van der Waals surface area (Å²) < 4.78 is 12.3. The van der Waals surface area contributed by atoms with Crippen LogP contribution >= 0.6 is 0 Å². The van der Waals surface area contributed by atoms with Crippen molar-refractivity contribution in [3.05, 3.63) is 211 Å². The lowest BCUT2D eigenvalue weighted by atomic mass is 9.79. The summed E-state index contributed by atoms with van der Waals surface area (Å²) in [7, 11) is 0. The van der Waals surface area contributed by atoms with Crippen molar-refractivity contribution in [1.29, 1.82) is 0 Å². The quantitative estimate of drug-likeness (QED) is 0.167. The van der Waals surface area contributed by atoms with Crippen LogP contribution in [0.25, 0.3) is 88.4 Å². The van der Waals surface area contributed by atoms with E-state index in [9.17, 15) is 0 Å². The maximum atomic E-state index is 6.14. The fourth-order valence-corrected chi connectivity index (χ4v) is 10.1. The minimum absolute atomic E-state index is 0.0549. The van der Waals surface area contributed by atoms with E-state index in [-0.39, 0.29) is 10.8 Å². The van der Waals surface area contributed by atoms with Crippen LogP contribution in [0.4, 0.5) is 17.1 Å². The van der Waals surface area contributed by atoms with Crippen molar-refractivity contribution in [2.45, 2.75) is 45.4 Å². The molecule has 0 aliphatic heterocycles. The van der Waals surface area contributed by atoms with Crippen molar-refractivity contribution in [2.75, 3.05) is 4.90 Å². The van der Waals surface area contributed by atoms with Gasteiger partial charge in [0.1, 0.15) is 22.3 Å². The van der Waals surface area contributed by atoms with E-state index in [1.807, 2.05) is 24.3 Å². The van der Waals surface area contributed by atoms with Crippen molar-refractivity contribution in [2.24, 2.45) is 0 Å².